The highest BCUT2D eigenvalue weighted by Gasteiger charge is 2.33. The molecule has 2 aromatic carbocycles. The Balaban J connectivity index is 2.49. The highest BCUT2D eigenvalue weighted by atomic mass is 32.2. The van der Waals surface area contributed by atoms with Crippen LogP contribution in [0, 0.1) is 0 Å². The van der Waals surface area contributed by atoms with Crippen molar-refractivity contribution in [3.8, 4) is 5.75 Å². The van der Waals surface area contributed by atoms with Crippen molar-refractivity contribution in [1.29, 1.82) is 0 Å². The lowest BCUT2D eigenvalue weighted by molar-refractivity contribution is -0.140. The molecular formula is C25H36N4O5S. The highest BCUT2D eigenvalue weighted by molar-refractivity contribution is 7.90. The van der Waals surface area contributed by atoms with Crippen LogP contribution in [0.3, 0.4) is 0 Å². The Bertz CT molecular complexity index is 1090. The largest absolute Gasteiger partial charge is 0.497 e. The summed E-state index contributed by atoms with van der Waals surface area (Å²) in [5, 5.41) is 2.87. The quantitative estimate of drug-likeness (QED) is 0.479. The Morgan fingerprint density at radius 2 is 1.69 bits per heavy atom. The Morgan fingerprint density at radius 1 is 1.03 bits per heavy atom. The van der Waals surface area contributed by atoms with E-state index in [-0.39, 0.29) is 18.5 Å². The zero-order valence-corrected chi connectivity index (χ0v) is 22.1. The first-order valence-corrected chi connectivity index (χ1v) is 12.9. The van der Waals surface area contributed by atoms with E-state index in [9.17, 15) is 18.0 Å². The standard InChI is InChI=1S/C25H36N4O5S/c1-7-23(25(31)26-19(2)3)28(17-20-12-11-15-22(16-20)34-6)24(30)18-29(35(32,33)27(4)5)21-13-9-8-10-14-21/h8-16,19,23H,7,17-18H2,1-6H3,(H,26,31)/t23-/m0/s1. The van der Waals surface area contributed by atoms with E-state index in [0.717, 1.165) is 14.2 Å². The van der Waals surface area contributed by atoms with E-state index in [1.165, 1.54) is 19.0 Å². The number of methoxy groups -OCH3 is 1. The molecule has 1 N–H and O–H groups in total. The topological polar surface area (TPSA) is 99.3 Å². The first-order valence-electron chi connectivity index (χ1n) is 11.5. The number of nitrogens with zero attached hydrogens (tertiary/aromatic N) is 3. The van der Waals surface area contributed by atoms with Gasteiger partial charge in [0.2, 0.25) is 11.8 Å². The molecule has 0 bridgehead atoms. The van der Waals surface area contributed by atoms with E-state index in [0.29, 0.717) is 17.9 Å². The van der Waals surface area contributed by atoms with Crippen LogP contribution in [0.5, 0.6) is 5.75 Å². The Labute approximate surface area is 208 Å². The fourth-order valence-electron chi connectivity index (χ4n) is 3.58. The van der Waals surface area contributed by atoms with Gasteiger partial charge in [-0.25, -0.2) is 4.31 Å². The maximum atomic E-state index is 13.7. The molecule has 0 saturated carbocycles. The van der Waals surface area contributed by atoms with E-state index in [4.69, 9.17) is 4.74 Å². The van der Waals surface area contributed by atoms with E-state index >= 15 is 0 Å². The number of ether oxygens (including phenoxy) is 1. The number of amides is 2. The molecular weight excluding hydrogens is 468 g/mol. The Morgan fingerprint density at radius 3 is 2.23 bits per heavy atom. The number of carbonyl (C=O) groups is 2. The molecule has 0 radical (unpaired) electrons. The van der Waals surface area contributed by atoms with Gasteiger partial charge in [-0.3, -0.25) is 9.59 Å². The summed E-state index contributed by atoms with van der Waals surface area (Å²) in [6.45, 7) is 5.17. The maximum absolute atomic E-state index is 13.7. The minimum Gasteiger partial charge on any atom is -0.497 e. The van der Waals surface area contributed by atoms with Gasteiger partial charge in [0.05, 0.1) is 12.8 Å². The van der Waals surface area contributed by atoms with Crippen LogP contribution in [0.2, 0.25) is 0 Å². The van der Waals surface area contributed by atoms with Crippen LogP contribution in [-0.2, 0) is 26.3 Å². The number of carbonyl (C=O) groups excluding carboxylic acids is 2. The number of para-hydroxylation sites is 1. The third-order valence-electron chi connectivity index (χ3n) is 5.37. The molecule has 0 aliphatic rings. The number of hydrogen-bond acceptors (Lipinski definition) is 5. The molecule has 0 saturated heterocycles. The number of anilines is 1. The van der Waals surface area contributed by atoms with E-state index in [2.05, 4.69) is 5.32 Å². The molecule has 0 fully saturated rings. The zero-order chi connectivity index (χ0) is 26.2. The van der Waals surface area contributed by atoms with E-state index in [1.807, 2.05) is 26.8 Å². The Kier molecular flexibility index (Phi) is 10.1. The predicted molar refractivity (Wildman–Crippen MR) is 137 cm³/mol. The van der Waals surface area contributed by atoms with Crippen LogP contribution in [0.25, 0.3) is 0 Å². The molecule has 9 nitrogen and oxygen atoms in total. The van der Waals surface area contributed by atoms with Crippen LogP contribution in [0.15, 0.2) is 54.6 Å². The van der Waals surface area contributed by atoms with Crippen molar-refractivity contribution in [3.05, 3.63) is 60.2 Å². The molecule has 0 unspecified atom stereocenters. The fourth-order valence-corrected chi connectivity index (χ4v) is 4.63. The van der Waals surface area contributed by atoms with Crippen molar-refractivity contribution >= 4 is 27.7 Å². The number of benzene rings is 2. The van der Waals surface area contributed by atoms with Gasteiger partial charge in [0.25, 0.3) is 0 Å². The average Bonchev–Trinajstić information content (AvgIpc) is 2.82. The summed E-state index contributed by atoms with van der Waals surface area (Å²) in [7, 11) is 0.398. The molecule has 2 aromatic rings. The molecule has 0 aliphatic heterocycles. The van der Waals surface area contributed by atoms with Gasteiger partial charge in [0.1, 0.15) is 18.3 Å². The van der Waals surface area contributed by atoms with Crippen molar-refractivity contribution < 1.29 is 22.7 Å². The smallest absolute Gasteiger partial charge is 0.304 e. The second kappa shape index (κ2) is 12.6. The number of hydrogen-bond donors (Lipinski definition) is 1. The second-order valence-electron chi connectivity index (χ2n) is 8.59. The van der Waals surface area contributed by atoms with Crippen LogP contribution >= 0.6 is 0 Å². The molecule has 2 rings (SSSR count). The van der Waals surface area contributed by atoms with Crippen LogP contribution in [0.4, 0.5) is 5.69 Å². The normalized spacial score (nSPS) is 12.3. The van der Waals surface area contributed by atoms with Gasteiger partial charge >= 0.3 is 10.2 Å². The molecule has 35 heavy (non-hydrogen) atoms. The van der Waals surface area contributed by atoms with Crippen molar-refractivity contribution in [1.82, 2.24) is 14.5 Å². The SMILES string of the molecule is CC[C@@H](C(=O)NC(C)C)N(Cc1cccc(OC)c1)C(=O)CN(c1ccccc1)S(=O)(=O)N(C)C. The molecule has 0 heterocycles. The van der Waals surface area contributed by atoms with Crippen molar-refractivity contribution in [2.75, 3.05) is 32.1 Å². The lowest BCUT2D eigenvalue weighted by Gasteiger charge is -2.34. The van der Waals surface area contributed by atoms with E-state index < -0.39 is 28.7 Å². The minimum absolute atomic E-state index is 0.111. The molecule has 0 aromatic heterocycles. The van der Waals surface area contributed by atoms with Crippen LogP contribution in [0.1, 0.15) is 32.8 Å². The molecule has 2 amide bonds. The number of rotatable bonds is 12. The summed E-state index contributed by atoms with van der Waals surface area (Å²) in [5.41, 5.74) is 1.12. The highest BCUT2D eigenvalue weighted by Crippen LogP contribution is 2.22. The fraction of sp³-hybridized carbons (Fsp3) is 0.440. The van der Waals surface area contributed by atoms with Gasteiger partial charge in [-0.05, 0) is 50.1 Å². The lowest BCUT2D eigenvalue weighted by Crippen LogP contribution is -2.54. The summed E-state index contributed by atoms with van der Waals surface area (Å²) < 4.78 is 33.7. The zero-order valence-electron chi connectivity index (χ0n) is 21.3. The van der Waals surface area contributed by atoms with Gasteiger partial charge in [-0.2, -0.15) is 12.7 Å². The van der Waals surface area contributed by atoms with Crippen molar-refractivity contribution in [2.45, 2.75) is 45.8 Å². The Hall–Kier alpha value is -3.11. The van der Waals surface area contributed by atoms with Gasteiger partial charge in [0, 0.05) is 26.7 Å². The molecule has 192 valence electrons. The molecule has 1 atom stereocenters. The molecule has 0 aliphatic carbocycles. The minimum atomic E-state index is -3.98. The van der Waals surface area contributed by atoms with Gasteiger partial charge < -0.3 is 15.0 Å². The summed E-state index contributed by atoms with van der Waals surface area (Å²) in [4.78, 5) is 28.2. The summed E-state index contributed by atoms with van der Waals surface area (Å²) in [5.74, 6) is -0.163. The third-order valence-corrected chi connectivity index (χ3v) is 7.19. The second-order valence-corrected chi connectivity index (χ2v) is 10.7. The van der Waals surface area contributed by atoms with Crippen LogP contribution in [-0.4, -0.2) is 69.3 Å². The summed E-state index contributed by atoms with van der Waals surface area (Å²) in [6, 6.07) is 14.8. The summed E-state index contributed by atoms with van der Waals surface area (Å²) >= 11 is 0. The number of nitrogens with one attached hydrogen (secondary N) is 1. The van der Waals surface area contributed by atoms with Gasteiger partial charge in [-0.1, -0.05) is 37.3 Å². The predicted octanol–water partition coefficient (Wildman–Crippen LogP) is 2.64. The van der Waals surface area contributed by atoms with Gasteiger partial charge in [0.15, 0.2) is 0 Å². The maximum Gasteiger partial charge on any atom is 0.304 e. The molecule has 10 heteroatoms. The first-order chi connectivity index (χ1) is 16.5. The van der Waals surface area contributed by atoms with Gasteiger partial charge in [-0.15, -0.1) is 0 Å². The van der Waals surface area contributed by atoms with Crippen molar-refractivity contribution in [3.63, 3.8) is 0 Å². The summed E-state index contributed by atoms with van der Waals surface area (Å²) in [6.07, 6.45) is 0.361. The van der Waals surface area contributed by atoms with Crippen LogP contribution < -0.4 is 14.4 Å². The lowest BCUT2D eigenvalue weighted by atomic mass is 10.1. The first kappa shape index (κ1) is 28.1. The molecule has 0 spiro atoms. The monoisotopic (exact) mass is 504 g/mol. The third kappa shape index (κ3) is 7.43. The van der Waals surface area contributed by atoms with Crippen molar-refractivity contribution in [2.24, 2.45) is 0 Å². The average molecular weight is 505 g/mol. The van der Waals surface area contributed by atoms with E-state index in [1.54, 1.807) is 55.6 Å².